The van der Waals surface area contributed by atoms with Crippen LogP contribution in [0.1, 0.15) is 39.5 Å². The van der Waals surface area contributed by atoms with Gasteiger partial charge < -0.3 is 4.90 Å². The van der Waals surface area contributed by atoms with Crippen LogP contribution in [0.3, 0.4) is 0 Å². The molecule has 1 N–H and O–H groups in total. The summed E-state index contributed by atoms with van der Waals surface area (Å²) in [4.78, 5) is 51.1. The number of nitrogens with zero attached hydrogens (tertiary/aromatic N) is 2. The zero-order chi connectivity index (χ0) is 15.6. The minimum atomic E-state index is -1.24. The van der Waals surface area contributed by atoms with Gasteiger partial charge in [-0.25, -0.2) is 4.79 Å². The van der Waals surface area contributed by atoms with Crippen molar-refractivity contribution in [2.75, 3.05) is 19.6 Å². The van der Waals surface area contributed by atoms with Gasteiger partial charge in [-0.1, -0.05) is 13.8 Å². The minimum absolute atomic E-state index is 0.244. The van der Waals surface area contributed by atoms with Crippen molar-refractivity contribution >= 4 is 23.8 Å². The standard InChI is InChI=1S/C14H21N3O4/c1-3-14(4-2)11(19)15-13(21)17(12(14)20)9-10(18)16-7-5-6-8-16/h3-9H2,1-2H3,(H,15,19,21). The minimum Gasteiger partial charge on any atom is -0.341 e. The molecule has 2 aliphatic heterocycles. The third kappa shape index (κ3) is 2.52. The molecular formula is C14H21N3O4. The Bertz CT molecular complexity index is 479. The molecule has 0 spiro atoms. The van der Waals surface area contributed by atoms with Crippen LogP contribution in [0, 0.1) is 5.41 Å². The average Bonchev–Trinajstić information content (AvgIpc) is 2.99. The normalized spacial score (nSPS) is 21.7. The number of nitrogens with one attached hydrogen (secondary N) is 1. The van der Waals surface area contributed by atoms with Crippen molar-refractivity contribution in [1.82, 2.24) is 15.1 Å². The van der Waals surface area contributed by atoms with Gasteiger partial charge in [0.1, 0.15) is 12.0 Å². The molecule has 0 radical (unpaired) electrons. The summed E-state index contributed by atoms with van der Waals surface area (Å²) in [6, 6.07) is -0.796. The summed E-state index contributed by atoms with van der Waals surface area (Å²) in [7, 11) is 0. The molecule has 2 heterocycles. The van der Waals surface area contributed by atoms with Gasteiger partial charge in [0, 0.05) is 13.1 Å². The van der Waals surface area contributed by atoms with Gasteiger partial charge in [-0.3, -0.25) is 24.6 Å². The monoisotopic (exact) mass is 295 g/mol. The van der Waals surface area contributed by atoms with Crippen LogP contribution in [0.2, 0.25) is 0 Å². The van der Waals surface area contributed by atoms with Crippen molar-refractivity contribution in [1.29, 1.82) is 0 Å². The van der Waals surface area contributed by atoms with Crippen molar-refractivity contribution in [3.63, 3.8) is 0 Å². The molecule has 7 nitrogen and oxygen atoms in total. The molecule has 116 valence electrons. The molecule has 0 aromatic rings. The lowest BCUT2D eigenvalue weighted by Gasteiger charge is -2.38. The first-order valence-electron chi connectivity index (χ1n) is 7.41. The molecule has 0 aromatic heterocycles. The predicted molar refractivity (Wildman–Crippen MR) is 74.1 cm³/mol. The molecule has 2 rings (SSSR count). The van der Waals surface area contributed by atoms with Crippen LogP contribution >= 0.6 is 0 Å². The Morgan fingerprint density at radius 3 is 2.24 bits per heavy atom. The molecular weight excluding hydrogens is 274 g/mol. The van der Waals surface area contributed by atoms with E-state index in [9.17, 15) is 19.2 Å². The molecule has 0 atom stereocenters. The Hall–Kier alpha value is -1.92. The molecule has 2 saturated heterocycles. The van der Waals surface area contributed by atoms with Crippen LogP contribution in [0.25, 0.3) is 0 Å². The molecule has 0 aliphatic carbocycles. The van der Waals surface area contributed by atoms with E-state index in [1.807, 2.05) is 0 Å². The number of likely N-dealkylation sites (tertiary alicyclic amines) is 1. The van der Waals surface area contributed by atoms with Crippen LogP contribution in [-0.2, 0) is 14.4 Å². The highest BCUT2D eigenvalue weighted by Gasteiger charge is 2.51. The van der Waals surface area contributed by atoms with Crippen molar-refractivity contribution in [3.8, 4) is 0 Å². The number of hydrogen-bond acceptors (Lipinski definition) is 4. The van der Waals surface area contributed by atoms with Crippen LogP contribution in [0.15, 0.2) is 0 Å². The van der Waals surface area contributed by atoms with Gasteiger partial charge in [-0.2, -0.15) is 0 Å². The van der Waals surface area contributed by atoms with Crippen LogP contribution in [-0.4, -0.2) is 53.2 Å². The Kier molecular flexibility index (Phi) is 4.29. The number of rotatable bonds is 4. The second-order valence-electron chi connectivity index (χ2n) is 5.53. The van der Waals surface area contributed by atoms with Crippen molar-refractivity contribution in [2.45, 2.75) is 39.5 Å². The molecule has 0 bridgehead atoms. The highest BCUT2D eigenvalue weighted by Crippen LogP contribution is 2.32. The lowest BCUT2D eigenvalue weighted by molar-refractivity contribution is -0.154. The number of amides is 5. The zero-order valence-electron chi connectivity index (χ0n) is 12.5. The highest BCUT2D eigenvalue weighted by molar-refractivity contribution is 6.19. The molecule has 2 aliphatic rings. The summed E-state index contributed by atoms with van der Waals surface area (Å²) < 4.78 is 0. The third-order valence-corrected chi connectivity index (χ3v) is 4.51. The largest absolute Gasteiger partial charge is 0.341 e. The van der Waals surface area contributed by atoms with Crippen molar-refractivity contribution in [3.05, 3.63) is 0 Å². The lowest BCUT2D eigenvalue weighted by Crippen LogP contribution is -2.64. The third-order valence-electron chi connectivity index (χ3n) is 4.51. The topological polar surface area (TPSA) is 86.8 Å². The maximum Gasteiger partial charge on any atom is 0.331 e. The number of urea groups is 1. The number of barbiturate groups is 1. The van der Waals surface area contributed by atoms with Gasteiger partial charge >= 0.3 is 6.03 Å². The van der Waals surface area contributed by atoms with Crippen LogP contribution in [0.4, 0.5) is 4.79 Å². The van der Waals surface area contributed by atoms with Gasteiger partial charge in [0.25, 0.3) is 0 Å². The Morgan fingerprint density at radius 2 is 1.71 bits per heavy atom. The average molecular weight is 295 g/mol. The smallest absolute Gasteiger partial charge is 0.331 e. The van der Waals surface area contributed by atoms with E-state index in [1.54, 1.807) is 18.7 Å². The lowest BCUT2D eigenvalue weighted by atomic mass is 9.78. The fraction of sp³-hybridized carbons (Fsp3) is 0.714. The number of carbonyl (C=O) groups excluding carboxylic acids is 4. The molecule has 0 aromatic carbocycles. The van der Waals surface area contributed by atoms with E-state index >= 15 is 0 Å². The van der Waals surface area contributed by atoms with E-state index in [4.69, 9.17) is 0 Å². The number of carbonyl (C=O) groups is 4. The molecule has 7 heteroatoms. The highest BCUT2D eigenvalue weighted by atomic mass is 16.2. The summed E-state index contributed by atoms with van der Waals surface area (Å²) in [5.74, 6) is -1.37. The van der Waals surface area contributed by atoms with Gasteiger partial charge in [-0.15, -0.1) is 0 Å². The second kappa shape index (κ2) is 5.83. The SMILES string of the molecule is CCC1(CC)C(=O)NC(=O)N(CC(=O)N2CCCC2)C1=O. The molecule has 5 amide bonds. The molecule has 2 fully saturated rings. The maximum atomic E-state index is 12.6. The van der Waals surface area contributed by atoms with E-state index in [2.05, 4.69) is 5.32 Å². The quantitative estimate of drug-likeness (QED) is 0.765. The van der Waals surface area contributed by atoms with Crippen molar-refractivity contribution < 1.29 is 19.2 Å². The summed E-state index contributed by atoms with van der Waals surface area (Å²) >= 11 is 0. The summed E-state index contributed by atoms with van der Waals surface area (Å²) in [6.07, 6.45) is 2.49. The molecule has 0 saturated carbocycles. The van der Waals surface area contributed by atoms with Gasteiger partial charge in [0.2, 0.25) is 17.7 Å². The van der Waals surface area contributed by atoms with E-state index in [1.165, 1.54) is 0 Å². The first-order chi connectivity index (χ1) is 9.96. The maximum absolute atomic E-state index is 12.6. The Labute approximate surface area is 123 Å². The summed E-state index contributed by atoms with van der Waals surface area (Å²) in [5.41, 5.74) is -1.24. The van der Waals surface area contributed by atoms with Gasteiger partial charge in [0.05, 0.1) is 0 Å². The van der Waals surface area contributed by atoms with E-state index in [-0.39, 0.29) is 12.5 Å². The molecule has 0 unspecified atom stereocenters. The number of imide groups is 2. The van der Waals surface area contributed by atoms with Gasteiger partial charge in [0.15, 0.2) is 0 Å². The van der Waals surface area contributed by atoms with Crippen molar-refractivity contribution in [2.24, 2.45) is 5.41 Å². The predicted octanol–water partition coefficient (Wildman–Crippen LogP) is 0.494. The second-order valence-corrected chi connectivity index (χ2v) is 5.53. The van der Waals surface area contributed by atoms with Crippen LogP contribution < -0.4 is 5.32 Å². The fourth-order valence-electron chi connectivity index (χ4n) is 2.95. The van der Waals surface area contributed by atoms with E-state index < -0.39 is 23.3 Å². The Morgan fingerprint density at radius 1 is 1.14 bits per heavy atom. The number of hydrogen-bond donors (Lipinski definition) is 1. The zero-order valence-corrected chi connectivity index (χ0v) is 12.5. The first-order valence-corrected chi connectivity index (χ1v) is 7.41. The summed E-state index contributed by atoms with van der Waals surface area (Å²) in [5, 5.41) is 2.20. The Balaban J connectivity index is 2.17. The van der Waals surface area contributed by atoms with Crippen LogP contribution in [0.5, 0.6) is 0 Å². The summed E-state index contributed by atoms with van der Waals surface area (Å²) in [6.45, 7) is 4.50. The van der Waals surface area contributed by atoms with E-state index in [0.29, 0.717) is 25.9 Å². The first kappa shape index (κ1) is 15.5. The van der Waals surface area contributed by atoms with E-state index in [0.717, 1.165) is 17.7 Å². The molecule has 21 heavy (non-hydrogen) atoms. The fourth-order valence-corrected chi connectivity index (χ4v) is 2.95. The van der Waals surface area contributed by atoms with Gasteiger partial charge in [-0.05, 0) is 25.7 Å².